The molecule has 0 fully saturated rings. The molecule has 2 aliphatic carbocycles. The van der Waals surface area contributed by atoms with Gasteiger partial charge in [0.1, 0.15) is 0 Å². The molecular weight excluding hydrogens is 665 g/mol. The van der Waals surface area contributed by atoms with E-state index in [0.29, 0.717) is 5.92 Å². The van der Waals surface area contributed by atoms with Crippen LogP contribution in [0.3, 0.4) is 0 Å². The fraction of sp³-hybridized carbons (Fsp3) is 0.170. The van der Waals surface area contributed by atoms with Crippen LogP contribution in [0.4, 0.5) is 11.4 Å². The Labute approximate surface area is 325 Å². The molecular formula is C53H46N2. The summed E-state index contributed by atoms with van der Waals surface area (Å²) in [6.45, 7) is 7.92. The van der Waals surface area contributed by atoms with Crippen LogP contribution >= 0.6 is 0 Å². The molecule has 268 valence electrons. The minimum Gasteiger partial charge on any atom is -0.341 e. The summed E-state index contributed by atoms with van der Waals surface area (Å²) in [5, 5.41) is 2.65. The van der Waals surface area contributed by atoms with E-state index in [1.54, 1.807) is 0 Å². The number of hydrogen-bond acceptors (Lipinski definition) is 1. The van der Waals surface area contributed by atoms with E-state index in [-0.39, 0.29) is 11.5 Å². The standard InChI is InChI=1S/C53H46N2/c1-4-53(5-2)47-34-38(22-20-36-26-30-50-45(32-36)43-16-10-12-18-49(43)54(50)6-3)24-28-41(47)42-29-25-39(35-48(42)53)23-21-37-27-31-52-46(33-37)44-17-11-13-19-51(44)55(52)40-14-8-7-9-15-40/h7-35,46,52H,4-6H2,1-3H3/b22-20+,23-21+. The SMILES string of the molecule is CCn1c2ccccc2c2cc(/C=C/c3ccc4c(c3)C(CC)(CC)c3cc(/C=C/C5=CC6c7ccccc7N(c7ccccc7)C6C=C5)ccc3-4)ccc21. The van der Waals surface area contributed by atoms with Gasteiger partial charge in [-0.1, -0.05) is 153 Å². The molecule has 0 radical (unpaired) electrons. The number of aryl methyl sites for hydroxylation is 1. The Balaban J connectivity index is 0.934. The number of benzene rings is 6. The predicted molar refractivity (Wildman–Crippen MR) is 235 cm³/mol. The van der Waals surface area contributed by atoms with Crippen molar-refractivity contribution in [1.29, 1.82) is 0 Å². The topological polar surface area (TPSA) is 8.17 Å². The second-order valence-electron chi connectivity index (χ2n) is 15.4. The molecule has 1 aliphatic heterocycles. The van der Waals surface area contributed by atoms with Gasteiger partial charge in [-0.05, 0) is 106 Å². The van der Waals surface area contributed by atoms with Gasteiger partial charge in [0.05, 0.1) is 6.04 Å². The van der Waals surface area contributed by atoms with E-state index in [0.717, 1.165) is 19.4 Å². The zero-order chi connectivity index (χ0) is 37.1. The third-order valence-corrected chi connectivity index (χ3v) is 12.8. The lowest BCUT2D eigenvalue weighted by Gasteiger charge is -2.30. The molecule has 55 heavy (non-hydrogen) atoms. The number of anilines is 2. The lowest BCUT2D eigenvalue weighted by atomic mass is 9.73. The number of para-hydroxylation sites is 3. The zero-order valence-corrected chi connectivity index (χ0v) is 31.9. The van der Waals surface area contributed by atoms with Crippen LogP contribution in [0.1, 0.15) is 72.9 Å². The molecule has 1 aromatic heterocycles. The van der Waals surface area contributed by atoms with Crippen molar-refractivity contribution in [1.82, 2.24) is 4.57 Å². The third-order valence-electron chi connectivity index (χ3n) is 12.8. The Morgan fingerprint density at radius 3 is 1.93 bits per heavy atom. The van der Waals surface area contributed by atoms with Gasteiger partial charge in [-0.2, -0.15) is 0 Å². The highest BCUT2D eigenvalue weighted by atomic mass is 15.2. The Morgan fingerprint density at radius 2 is 1.20 bits per heavy atom. The molecule has 2 unspecified atom stereocenters. The molecule has 10 rings (SSSR count). The highest BCUT2D eigenvalue weighted by Crippen LogP contribution is 2.53. The van der Waals surface area contributed by atoms with Crippen molar-refractivity contribution in [3.8, 4) is 11.1 Å². The maximum Gasteiger partial charge on any atom is 0.0630 e. The second-order valence-corrected chi connectivity index (χ2v) is 15.4. The van der Waals surface area contributed by atoms with Crippen molar-refractivity contribution >= 4 is 51.4 Å². The Bertz CT molecular complexity index is 2730. The number of aromatic nitrogens is 1. The molecule has 2 heterocycles. The van der Waals surface area contributed by atoms with Crippen LogP contribution in [0.15, 0.2) is 163 Å². The lowest BCUT2D eigenvalue weighted by Crippen LogP contribution is -2.28. The molecule has 7 aromatic rings. The van der Waals surface area contributed by atoms with Gasteiger partial charge >= 0.3 is 0 Å². The smallest absolute Gasteiger partial charge is 0.0630 e. The van der Waals surface area contributed by atoms with Gasteiger partial charge in [-0.25, -0.2) is 0 Å². The molecule has 2 atom stereocenters. The first-order valence-corrected chi connectivity index (χ1v) is 20.1. The summed E-state index contributed by atoms with van der Waals surface area (Å²) < 4.78 is 2.42. The summed E-state index contributed by atoms with van der Waals surface area (Å²) in [5.74, 6) is 0.317. The summed E-state index contributed by atoms with van der Waals surface area (Å²) in [4.78, 5) is 2.49. The average molecular weight is 711 g/mol. The molecule has 0 spiro atoms. The van der Waals surface area contributed by atoms with Crippen LogP contribution in [0.5, 0.6) is 0 Å². The van der Waals surface area contributed by atoms with Crippen molar-refractivity contribution in [2.45, 2.75) is 57.5 Å². The van der Waals surface area contributed by atoms with Crippen LogP contribution in [0.2, 0.25) is 0 Å². The van der Waals surface area contributed by atoms with Crippen LogP contribution in [-0.2, 0) is 12.0 Å². The largest absolute Gasteiger partial charge is 0.341 e. The number of rotatable bonds is 8. The van der Waals surface area contributed by atoms with Crippen molar-refractivity contribution in [3.05, 3.63) is 197 Å². The van der Waals surface area contributed by atoms with E-state index in [9.17, 15) is 0 Å². The summed E-state index contributed by atoms with van der Waals surface area (Å²) in [6, 6.07) is 49.9. The minimum absolute atomic E-state index is 0.00898. The van der Waals surface area contributed by atoms with Crippen LogP contribution in [0, 0.1) is 0 Å². The molecule has 0 N–H and O–H groups in total. The van der Waals surface area contributed by atoms with E-state index in [1.165, 1.54) is 83.3 Å². The van der Waals surface area contributed by atoms with Gasteiger partial charge in [0.2, 0.25) is 0 Å². The fourth-order valence-electron chi connectivity index (χ4n) is 10.0. The van der Waals surface area contributed by atoms with Gasteiger partial charge in [-0.3, -0.25) is 0 Å². The number of hydrogen-bond donors (Lipinski definition) is 0. The number of nitrogens with zero attached hydrogens (tertiary/aromatic N) is 2. The fourth-order valence-corrected chi connectivity index (χ4v) is 10.0. The van der Waals surface area contributed by atoms with E-state index in [4.69, 9.17) is 0 Å². The summed E-state index contributed by atoms with van der Waals surface area (Å²) in [5.41, 5.74) is 17.2. The summed E-state index contributed by atoms with van der Waals surface area (Å²) in [6.07, 6.45) is 18.5. The molecule has 6 aromatic carbocycles. The monoisotopic (exact) mass is 710 g/mol. The molecule has 2 heteroatoms. The first-order valence-electron chi connectivity index (χ1n) is 20.1. The maximum atomic E-state index is 2.49. The quantitative estimate of drug-likeness (QED) is 0.143. The van der Waals surface area contributed by atoms with Crippen LogP contribution in [0.25, 0.3) is 51.2 Å². The van der Waals surface area contributed by atoms with Crippen LogP contribution in [-0.4, -0.2) is 10.6 Å². The van der Waals surface area contributed by atoms with Gasteiger partial charge in [0.25, 0.3) is 0 Å². The van der Waals surface area contributed by atoms with Crippen molar-refractivity contribution < 1.29 is 0 Å². The lowest BCUT2D eigenvalue weighted by molar-refractivity contribution is 0.490. The summed E-state index contributed by atoms with van der Waals surface area (Å²) >= 11 is 0. The Hall–Kier alpha value is -6.12. The first-order chi connectivity index (χ1) is 27.1. The van der Waals surface area contributed by atoms with Crippen molar-refractivity contribution in [2.75, 3.05) is 4.90 Å². The summed E-state index contributed by atoms with van der Waals surface area (Å²) in [7, 11) is 0. The highest BCUT2D eigenvalue weighted by Gasteiger charge is 2.41. The van der Waals surface area contributed by atoms with Gasteiger partial charge in [0.15, 0.2) is 0 Å². The van der Waals surface area contributed by atoms with Crippen molar-refractivity contribution in [3.63, 3.8) is 0 Å². The van der Waals surface area contributed by atoms with Gasteiger partial charge in [0, 0.05) is 51.1 Å². The molecule has 2 nitrogen and oxygen atoms in total. The average Bonchev–Trinajstić information content (AvgIpc) is 3.85. The normalized spacial score (nSPS) is 17.9. The highest BCUT2D eigenvalue weighted by molar-refractivity contribution is 6.08. The molecule has 0 saturated carbocycles. The van der Waals surface area contributed by atoms with E-state index < -0.39 is 0 Å². The van der Waals surface area contributed by atoms with Gasteiger partial charge in [-0.15, -0.1) is 0 Å². The van der Waals surface area contributed by atoms with Gasteiger partial charge < -0.3 is 9.47 Å². The molecule has 0 bridgehead atoms. The molecule has 0 saturated heterocycles. The van der Waals surface area contributed by atoms with Crippen molar-refractivity contribution in [2.24, 2.45) is 0 Å². The molecule has 3 aliphatic rings. The van der Waals surface area contributed by atoms with Crippen LogP contribution < -0.4 is 4.90 Å². The third kappa shape index (κ3) is 5.30. The van der Waals surface area contributed by atoms with E-state index in [1.807, 2.05) is 0 Å². The Kier molecular flexibility index (Phi) is 8.10. The maximum absolute atomic E-state index is 2.49. The molecule has 0 amide bonds. The minimum atomic E-state index is -0.00898. The van der Waals surface area contributed by atoms with E-state index >= 15 is 0 Å². The Morgan fingerprint density at radius 1 is 0.582 bits per heavy atom. The predicted octanol–water partition coefficient (Wildman–Crippen LogP) is 13.9. The zero-order valence-electron chi connectivity index (χ0n) is 31.9. The second kappa shape index (κ2) is 13.3. The number of fused-ring (bicyclic) bond motifs is 9. The van der Waals surface area contributed by atoms with E-state index in [2.05, 4.69) is 206 Å². The first kappa shape index (κ1) is 33.4. The number of allylic oxidation sites excluding steroid dienone is 3.